The molecule has 2 fully saturated rings. The standard InChI is InChI=1S/C19H27Cl2N5O4S/c20-15-10-14(31(22,29)30)11-16(21)19(15)23-17(27)12-24-6-8-25(9-7-24)13-18(28)26-4-2-1-3-5-26/h10-11H,1-9,12-13H2,(H,23,27)(H2,22,29,30). The van der Waals surface area contributed by atoms with Crippen LogP contribution in [-0.2, 0) is 19.6 Å². The Balaban J connectivity index is 1.47. The number of primary sulfonamides is 1. The van der Waals surface area contributed by atoms with Crippen LogP contribution in [0.15, 0.2) is 17.0 Å². The molecular formula is C19H27Cl2N5O4S. The van der Waals surface area contributed by atoms with Gasteiger partial charge in [0, 0.05) is 39.3 Å². The van der Waals surface area contributed by atoms with Crippen LogP contribution in [0.4, 0.5) is 5.69 Å². The molecule has 0 unspecified atom stereocenters. The van der Waals surface area contributed by atoms with Crippen LogP contribution >= 0.6 is 23.2 Å². The molecule has 31 heavy (non-hydrogen) atoms. The maximum absolute atomic E-state index is 12.4. The molecule has 1 aromatic carbocycles. The van der Waals surface area contributed by atoms with Gasteiger partial charge in [0.25, 0.3) is 0 Å². The molecule has 0 aromatic heterocycles. The van der Waals surface area contributed by atoms with Crippen molar-refractivity contribution in [3.8, 4) is 0 Å². The summed E-state index contributed by atoms with van der Waals surface area (Å²) in [6, 6.07) is 2.30. The van der Waals surface area contributed by atoms with Crippen molar-refractivity contribution in [2.24, 2.45) is 5.14 Å². The van der Waals surface area contributed by atoms with Crippen LogP contribution in [0.2, 0.25) is 10.0 Å². The molecule has 172 valence electrons. The molecule has 3 rings (SSSR count). The summed E-state index contributed by atoms with van der Waals surface area (Å²) in [5.74, 6) is -0.136. The second-order valence-electron chi connectivity index (χ2n) is 7.85. The number of nitrogens with one attached hydrogen (secondary N) is 1. The number of amides is 2. The number of carbonyl (C=O) groups excluding carboxylic acids is 2. The van der Waals surface area contributed by atoms with E-state index in [1.54, 1.807) is 0 Å². The van der Waals surface area contributed by atoms with Gasteiger partial charge in [-0.1, -0.05) is 23.2 Å². The highest BCUT2D eigenvalue weighted by Crippen LogP contribution is 2.33. The minimum absolute atomic E-state index is 0.00841. The molecule has 0 atom stereocenters. The minimum Gasteiger partial charge on any atom is -0.342 e. The third-order valence-corrected chi connectivity index (χ3v) is 7.00. The van der Waals surface area contributed by atoms with Crippen molar-refractivity contribution in [2.75, 3.05) is 57.7 Å². The Kier molecular flexibility index (Phi) is 8.17. The smallest absolute Gasteiger partial charge is 0.238 e. The Morgan fingerprint density at radius 2 is 1.42 bits per heavy atom. The Hall–Kier alpha value is -1.43. The fourth-order valence-corrected chi connectivity index (χ4v) is 5.03. The topological polar surface area (TPSA) is 116 Å². The molecule has 0 saturated carbocycles. The molecule has 2 amide bonds. The molecule has 1 aromatic rings. The highest BCUT2D eigenvalue weighted by molar-refractivity contribution is 7.89. The van der Waals surface area contributed by atoms with Crippen LogP contribution < -0.4 is 10.5 Å². The number of nitrogens with two attached hydrogens (primary N) is 1. The Morgan fingerprint density at radius 3 is 1.94 bits per heavy atom. The fourth-order valence-electron chi connectivity index (χ4n) is 3.76. The van der Waals surface area contributed by atoms with Gasteiger partial charge < -0.3 is 10.2 Å². The van der Waals surface area contributed by atoms with E-state index in [1.807, 2.05) is 9.80 Å². The summed E-state index contributed by atoms with van der Waals surface area (Å²) < 4.78 is 22.9. The third-order valence-electron chi connectivity index (χ3n) is 5.51. The molecule has 9 nitrogen and oxygen atoms in total. The van der Waals surface area contributed by atoms with Gasteiger partial charge in [-0.3, -0.25) is 19.4 Å². The van der Waals surface area contributed by atoms with Crippen molar-refractivity contribution >= 4 is 50.7 Å². The van der Waals surface area contributed by atoms with Gasteiger partial charge >= 0.3 is 0 Å². The van der Waals surface area contributed by atoms with E-state index in [2.05, 4.69) is 10.2 Å². The zero-order chi connectivity index (χ0) is 22.6. The monoisotopic (exact) mass is 491 g/mol. The summed E-state index contributed by atoms with van der Waals surface area (Å²) in [6.45, 7) is 4.98. The van der Waals surface area contributed by atoms with E-state index in [4.69, 9.17) is 28.3 Å². The highest BCUT2D eigenvalue weighted by Gasteiger charge is 2.24. The van der Waals surface area contributed by atoms with E-state index in [1.165, 1.54) is 6.42 Å². The van der Waals surface area contributed by atoms with Crippen LogP contribution in [0.5, 0.6) is 0 Å². The van der Waals surface area contributed by atoms with E-state index in [-0.39, 0.29) is 39.0 Å². The van der Waals surface area contributed by atoms with Crippen LogP contribution in [0.1, 0.15) is 19.3 Å². The van der Waals surface area contributed by atoms with Crippen LogP contribution in [0.25, 0.3) is 0 Å². The summed E-state index contributed by atoms with van der Waals surface area (Å²) in [7, 11) is -3.96. The zero-order valence-electron chi connectivity index (χ0n) is 17.1. The van der Waals surface area contributed by atoms with E-state index >= 15 is 0 Å². The second kappa shape index (κ2) is 10.5. The molecule has 2 heterocycles. The lowest BCUT2D eigenvalue weighted by Gasteiger charge is -2.35. The number of carbonyl (C=O) groups is 2. The maximum atomic E-state index is 12.4. The van der Waals surface area contributed by atoms with Crippen molar-refractivity contribution in [3.63, 3.8) is 0 Å². The third kappa shape index (κ3) is 6.77. The molecule has 0 aliphatic carbocycles. The van der Waals surface area contributed by atoms with Crippen LogP contribution in [-0.4, -0.2) is 87.3 Å². The molecule has 0 radical (unpaired) electrons. The summed E-state index contributed by atoms with van der Waals surface area (Å²) in [5.41, 5.74) is 0.145. The average molecular weight is 492 g/mol. The van der Waals surface area contributed by atoms with E-state index in [0.29, 0.717) is 32.7 Å². The van der Waals surface area contributed by atoms with Crippen molar-refractivity contribution in [1.82, 2.24) is 14.7 Å². The number of halogens is 2. The van der Waals surface area contributed by atoms with E-state index in [9.17, 15) is 18.0 Å². The number of hydrogen-bond acceptors (Lipinski definition) is 6. The largest absolute Gasteiger partial charge is 0.342 e. The van der Waals surface area contributed by atoms with Crippen LogP contribution in [0, 0.1) is 0 Å². The molecule has 3 N–H and O–H groups in total. The summed E-state index contributed by atoms with van der Waals surface area (Å²) in [5, 5.41) is 7.71. The first-order valence-electron chi connectivity index (χ1n) is 10.2. The van der Waals surface area contributed by atoms with Crippen molar-refractivity contribution in [3.05, 3.63) is 22.2 Å². The van der Waals surface area contributed by atoms with Crippen molar-refractivity contribution in [2.45, 2.75) is 24.2 Å². The quantitative estimate of drug-likeness (QED) is 0.617. The second-order valence-corrected chi connectivity index (χ2v) is 10.2. The number of rotatable bonds is 6. The SMILES string of the molecule is NS(=O)(=O)c1cc(Cl)c(NC(=O)CN2CCN(CC(=O)N3CCCCC3)CC2)c(Cl)c1. The summed E-state index contributed by atoms with van der Waals surface area (Å²) >= 11 is 12.2. The van der Waals surface area contributed by atoms with Gasteiger partial charge in [0.05, 0.1) is 33.7 Å². The predicted molar refractivity (Wildman–Crippen MR) is 120 cm³/mol. The van der Waals surface area contributed by atoms with E-state index in [0.717, 1.165) is 38.1 Å². The summed E-state index contributed by atoms with van der Waals surface area (Å²) in [6.07, 6.45) is 3.35. The number of piperidine rings is 1. The van der Waals surface area contributed by atoms with Crippen molar-refractivity contribution in [1.29, 1.82) is 0 Å². The maximum Gasteiger partial charge on any atom is 0.238 e. The molecule has 2 aliphatic heterocycles. The highest BCUT2D eigenvalue weighted by atomic mass is 35.5. The number of likely N-dealkylation sites (tertiary alicyclic amines) is 1. The molecule has 2 aliphatic rings. The molecule has 0 bridgehead atoms. The van der Waals surface area contributed by atoms with Gasteiger partial charge in [0.2, 0.25) is 21.8 Å². The predicted octanol–water partition coefficient (Wildman–Crippen LogP) is 1.21. The Labute approximate surface area is 192 Å². The lowest BCUT2D eigenvalue weighted by molar-refractivity contribution is -0.134. The van der Waals surface area contributed by atoms with Gasteiger partial charge in [0.15, 0.2) is 0 Å². The summed E-state index contributed by atoms with van der Waals surface area (Å²) in [4.78, 5) is 30.7. The number of nitrogens with zero attached hydrogens (tertiary/aromatic N) is 3. The Morgan fingerprint density at radius 1 is 0.903 bits per heavy atom. The average Bonchev–Trinajstić information content (AvgIpc) is 2.72. The molecular weight excluding hydrogens is 465 g/mol. The number of anilines is 1. The van der Waals surface area contributed by atoms with Gasteiger partial charge in [-0.2, -0.15) is 0 Å². The first kappa shape index (κ1) is 24.2. The first-order chi connectivity index (χ1) is 14.6. The number of hydrogen-bond donors (Lipinski definition) is 2. The molecule has 0 spiro atoms. The first-order valence-corrected chi connectivity index (χ1v) is 12.5. The number of sulfonamides is 1. The lowest BCUT2D eigenvalue weighted by atomic mass is 10.1. The normalized spacial score (nSPS) is 18.7. The number of benzene rings is 1. The zero-order valence-corrected chi connectivity index (χ0v) is 19.5. The molecule has 2 saturated heterocycles. The Bertz CT molecular complexity index is 906. The van der Waals surface area contributed by atoms with Gasteiger partial charge in [-0.05, 0) is 31.4 Å². The van der Waals surface area contributed by atoms with Crippen molar-refractivity contribution < 1.29 is 18.0 Å². The van der Waals surface area contributed by atoms with E-state index < -0.39 is 10.0 Å². The van der Waals surface area contributed by atoms with Crippen LogP contribution in [0.3, 0.4) is 0 Å². The van der Waals surface area contributed by atoms with Gasteiger partial charge in [-0.15, -0.1) is 0 Å². The lowest BCUT2D eigenvalue weighted by Crippen LogP contribution is -2.51. The van der Waals surface area contributed by atoms with Gasteiger partial charge in [0.1, 0.15) is 0 Å². The molecule has 12 heteroatoms. The minimum atomic E-state index is -3.96. The van der Waals surface area contributed by atoms with Gasteiger partial charge in [-0.25, -0.2) is 13.6 Å². The fraction of sp³-hybridized carbons (Fsp3) is 0.579. The number of piperazine rings is 1.